The number of aliphatic carboxylic acids is 3. The van der Waals surface area contributed by atoms with Crippen molar-refractivity contribution in [3.05, 3.63) is 137 Å². The molecule has 508 valence electrons. The number of nitrogens with two attached hydrogens (primary N) is 3. The summed E-state index contributed by atoms with van der Waals surface area (Å²) < 4.78 is 0. The van der Waals surface area contributed by atoms with Crippen LogP contribution >= 0.6 is 0 Å². The van der Waals surface area contributed by atoms with Gasteiger partial charge in [0.2, 0.25) is 65.0 Å². The first-order valence-corrected chi connectivity index (χ1v) is 29.9. The number of carboxylic acids is 4. The number of amides is 11. The highest BCUT2D eigenvalue weighted by Crippen LogP contribution is 2.21. The number of carbonyl (C=O) groups is 15. The number of nitrogens with zero attached hydrogens (tertiary/aromatic N) is 1. The average Bonchev–Trinajstić information content (AvgIpc) is 1.87. The minimum absolute atomic E-state index is 0.0622. The molecule has 4 aromatic rings. The van der Waals surface area contributed by atoms with Crippen molar-refractivity contribution in [3.63, 3.8) is 0 Å². The van der Waals surface area contributed by atoms with Crippen molar-refractivity contribution < 1.29 is 97.5 Å². The van der Waals surface area contributed by atoms with Crippen molar-refractivity contribution >= 4 is 88.9 Å². The lowest BCUT2D eigenvalue weighted by atomic mass is 10.00. The average molecular weight is 1320 g/mol. The van der Waals surface area contributed by atoms with Crippen molar-refractivity contribution in [2.75, 3.05) is 6.54 Å². The van der Waals surface area contributed by atoms with E-state index in [4.69, 9.17) is 22.3 Å². The minimum atomic E-state index is -1.88. The van der Waals surface area contributed by atoms with Gasteiger partial charge >= 0.3 is 23.9 Å². The summed E-state index contributed by atoms with van der Waals surface area (Å²) >= 11 is 0. The summed E-state index contributed by atoms with van der Waals surface area (Å²) in [6.45, 7) is 1.25. The second-order valence-electron chi connectivity index (χ2n) is 22.5. The molecule has 4 aromatic carbocycles. The van der Waals surface area contributed by atoms with Gasteiger partial charge < -0.3 is 90.2 Å². The second kappa shape index (κ2) is 36.1. The molecule has 32 heteroatoms. The molecule has 0 bridgehead atoms. The Morgan fingerprint density at radius 2 is 0.853 bits per heavy atom. The number of nitrogens with one attached hydrogen (secondary N) is 8. The molecule has 0 spiro atoms. The second-order valence-corrected chi connectivity index (χ2v) is 22.5. The Labute approximate surface area is 542 Å². The zero-order chi connectivity index (χ0) is 70.1. The first-order chi connectivity index (χ1) is 45.0. The third-order valence-corrected chi connectivity index (χ3v) is 15.0. The topological polar surface area (TPSA) is 535 Å². The quantitative estimate of drug-likeness (QED) is 0.0216. The number of rotatable bonds is 37. The zero-order valence-electron chi connectivity index (χ0n) is 51.4. The lowest BCUT2D eigenvalue weighted by Gasteiger charge is -2.29. The molecule has 32 nitrogen and oxygen atoms in total. The third kappa shape index (κ3) is 24.4. The number of carbonyl (C=O) groups excluding carboxylic acids is 11. The SMILES string of the molecule is C[C@H](NC(=O)[C@H](Cc1ccc(O)cc1)NC(=O)[C@H](CCC(=O)O)NC(=O)[C@H](CC(N)=O)NC(=O)[C@@H](N)CC(=O)O)C(=O)N[C@@H](Cc1ccccc1)C(=O)N[C@@H](Cc1ccc(C(=O)O)cc1)C(=O)N[C@@H](CCC(N)=O)C(=O)N[C@H](Cc1ccccc1)C(=O)N1CCC[C@H]1C(=O)O. The molecule has 5 rings (SSSR count). The van der Waals surface area contributed by atoms with Gasteiger partial charge in [0.25, 0.3) is 0 Å². The van der Waals surface area contributed by atoms with Crippen molar-refractivity contribution in [1.82, 2.24) is 47.4 Å². The predicted molar refractivity (Wildman–Crippen MR) is 332 cm³/mol. The van der Waals surface area contributed by atoms with Crippen LogP contribution in [0.5, 0.6) is 5.75 Å². The molecule has 10 atom stereocenters. The smallest absolute Gasteiger partial charge is 0.335 e. The maximum Gasteiger partial charge on any atom is 0.335 e. The van der Waals surface area contributed by atoms with E-state index in [0.717, 1.165) is 4.90 Å². The van der Waals surface area contributed by atoms with Crippen LogP contribution < -0.4 is 59.7 Å². The van der Waals surface area contributed by atoms with Gasteiger partial charge in [-0.15, -0.1) is 0 Å². The highest BCUT2D eigenvalue weighted by Gasteiger charge is 2.40. The highest BCUT2D eigenvalue weighted by molar-refractivity contribution is 6.00. The molecule has 1 fully saturated rings. The predicted octanol–water partition coefficient (Wildman–Crippen LogP) is -2.86. The van der Waals surface area contributed by atoms with E-state index in [1.54, 1.807) is 60.7 Å². The standard InChI is InChI=1S/C63H76N12O20/c1-33(67-57(87)43(29-37-16-20-39(76)21-17-37)72-55(85)42(23-25-51(79)80)69-60(90)46(32-50(66)78)71-54(84)40(64)31-52(81)82)53(83)70-44(27-34-9-4-2-5-10-34)59(89)73-45(28-36-14-18-38(19-15-36)62(92)93)58(88)68-41(22-24-49(65)77)56(86)74-47(30-35-11-6-3-7-12-35)61(91)75-26-8-13-48(75)63(94)95/h2-7,9-12,14-21,33,40-48,76H,8,13,22-32,64H2,1H3,(H2,65,77)(H2,66,78)(H,67,87)(H,68,88)(H,69,90)(H,70,83)(H,71,84)(H,72,85)(H,73,89)(H,74,86)(H,79,80)(H,81,82)(H,92,93)(H,94,95)/t33-,40-,41-,42-,43-,44-,45-,46-,47+,48-/m0/s1. The summed E-state index contributed by atoms with van der Waals surface area (Å²) in [5, 5.41) is 67.7. The molecule has 0 radical (unpaired) electrons. The van der Waals surface area contributed by atoms with Gasteiger partial charge in [0.05, 0.1) is 24.4 Å². The lowest BCUT2D eigenvalue weighted by Crippen LogP contribution is -2.61. The summed E-state index contributed by atoms with van der Waals surface area (Å²) in [7, 11) is 0. The molecule has 1 aliphatic rings. The van der Waals surface area contributed by atoms with E-state index in [-0.39, 0.29) is 42.7 Å². The molecule has 0 aliphatic carbocycles. The minimum Gasteiger partial charge on any atom is -0.508 e. The Morgan fingerprint density at radius 1 is 0.453 bits per heavy atom. The normalized spacial score (nSPS) is 15.3. The number of hydrogen-bond donors (Lipinski definition) is 16. The molecule has 0 unspecified atom stereocenters. The van der Waals surface area contributed by atoms with Gasteiger partial charge in [-0.25, -0.2) is 9.59 Å². The number of primary amides is 2. The van der Waals surface area contributed by atoms with Crippen LogP contribution in [0, 0.1) is 0 Å². The fraction of sp³-hybridized carbons (Fsp3) is 0.381. The van der Waals surface area contributed by atoms with Crippen LogP contribution in [-0.2, 0) is 92.8 Å². The van der Waals surface area contributed by atoms with Gasteiger partial charge in [-0.2, -0.15) is 0 Å². The number of benzene rings is 4. The van der Waals surface area contributed by atoms with E-state index >= 15 is 0 Å². The van der Waals surface area contributed by atoms with Crippen molar-refractivity contribution in [3.8, 4) is 5.75 Å². The molecule has 11 amide bonds. The Bertz CT molecular complexity index is 3450. The van der Waals surface area contributed by atoms with Gasteiger partial charge in [-0.1, -0.05) is 84.9 Å². The van der Waals surface area contributed by atoms with Crippen LogP contribution in [0.2, 0.25) is 0 Å². The van der Waals surface area contributed by atoms with Crippen LogP contribution in [0.4, 0.5) is 0 Å². The van der Waals surface area contributed by atoms with Gasteiger partial charge in [0.1, 0.15) is 60.1 Å². The molecular weight excluding hydrogens is 1240 g/mol. The molecule has 1 saturated heterocycles. The van der Waals surface area contributed by atoms with Gasteiger partial charge in [-0.3, -0.25) is 62.3 Å². The van der Waals surface area contributed by atoms with Crippen molar-refractivity contribution in [1.29, 1.82) is 0 Å². The Morgan fingerprint density at radius 3 is 1.31 bits per heavy atom. The van der Waals surface area contributed by atoms with E-state index in [9.17, 15) is 92.3 Å². The van der Waals surface area contributed by atoms with E-state index in [2.05, 4.69) is 42.5 Å². The maximum absolute atomic E-state index is 14.8. The number of phenolic OH excluding ortho intramolecular Hbond substituents is 1. The highest BCUT2D eigenvalue weighted by atomic mass is 16.4. The number of hydrogen-bond acceptors (Lipinski definition) is 17. The molecular formula is C63H76N12O20. The van der Waals surface area contributed by atoms with E-state index in [0.29, 0.717) is 23.1 Å². The van der Waals surface area contributed by atoms with Crippen LogP contribution in [0.25, 0.3) is 0 Å². The van der Waals surface area contributed by atoms with Crippen LogP contribution in [0.15, 0.2) is 109 Å². The Hall–Kier alpha value is -11.3. The summed E-state index contributed by atoms with van der Waals surface area (Å²) in [5.41, 5.74) is 17.9. The number of carboxylic acid groups (broad SMARTS) is 4. The van der Waals surface area contributed by atoms with Crippen LogP contribution in [-0.4, -0.2) is 186 Å². The Balaban J connectivity index is 1.44. The number of aromatic hydroxyl groups is 1. The molecule has 1 aliphatic heterocycles. The fourth-order valence-electron chi connectivity index (χ4n) is 10.0. The largest absolute Gasteiger partial charge is 0.508 e. The molecule has 95 heavy (non-hydrogen) atoms. The molecule has 19 N–H and O–H groups in total. The lowest BCUT2D eigenvalue weighted by molar-refractivity contribution is -0.149. The zero-order valence-corrected chi connectivity index (χ0v) is 51.4. The van der Waals surface area contributed by atoms with Crippen LogP contribution in [0.3, 0.4) is 0 Å². The number of phenols is 1. The first kappa shape index (κ1) is 74.4. The Kier molecular flexibility index (Phi) is 28.3. The number of aromatic carboxylic acids is 1. The molecule has 0 saturated carbocycles. The van der Waals surface area contributed by atoms with Gasteiger partial charge in [-0.05, 0) is 79.1 Å². The van der Waals surface area contributed by atoms with Crippen molar-refractivity contribution in [2.24, 2.45) is 17.2 Å². The van der Waals surface area contributed by atoms with Crippen LogP contribution in [0.1, 0.15) is 90.9 Å². The fourth-order valence-corrected chi connectivity index (χ4v) is 10.0. The number of likely N-dealkylation sites (tertiary alicyclic amines) is 1. The first-order valence-electron chi connectivity index (χ1n) is 29.9. The van der Waals surface area contributed by atoms with E-state index < -0.39 is 201 Å². The maximum atomic E-state index is 14.8. The summed E-state index contributed by atoms with van der Waals surface area (Å²) in [4.78, 5) is 200. The molecule has 0 aromatic heterocycles. The van der Waals surface area contributed by atoms with E-state index in [1.807, 2.05) is 0 Å². The van der Waals surface area contributed by atoms with Crippen molar-refractivity contribution in [2.45, 2.75) is 144 Å². The summed E-state index contributed by atoms with van der Waals surface area (Å²) in [6.07, 6.45) is -4.95. The third-order valence-electron chi connectivity index (χ3n) is 15.0. The van der Waals surface area contributed by atoms with E-state index in [1.165, 1.54) is 55.5 Å². The monoisotopic (exact) mass is 1320 g/mol. The van der Waals surface area contributed by atoms with Gasteiger partial charge in [0.15, 0.2) is 0 Å². The molecule has 1 heterocycles. The summed E-state index contributed by atoms with van der Waals surface area (Å²) in [5.74, 6) is -17.5. The van der Waals surface area contributed by atoms with Gasteiger partial charge in [0, 0.05) is 45.1 Å². The summed E-state index contributed by atoms with van der Waals surface area (Å²) in [6, 6.07) is 10.6.